The Morgan fingerprint density at radius 1 is 1.24 bits per heavy atom. The van der Waals surface area contributed by atoms with Gasteiger partial charge in [-0.3, -0.25) is 0 Å². The average molecular weight is 322 g/mol. The fourth-order valence-corrected chi connectivity index (χ4v) is 1.39. The summed E-state index contributed by atoms with van der Waals surface area (Å²) in [7, 11) is -4.06. The number of nitrogens with zero attached hydrogens (tertiary/aromatic N) is 2. The summed E-state index contributed by atoms with van der Waals surface area (Å²) in [4.78, 5) is 0. The molecule has 0 aliphatic rings. The molecular formula is C12H13F3N2O3S. The summed E-state index contributed by atoms with van der Waals surface area (Å²) < 4.78 is 63.1. The third-order valence-electron chi connectivity index (χ3n) is 2.32. The molecule has 9 heteroatoms. The SMILES string of the molecule is Cn1cc[n+](Cc2ccccc2)c1.O=S(=O)([O-])C(F)(F)F. The first-order valence-electron chi connectivity index (χ1n) is 5.66. The lowest BCUT2D eigenvalue weighted by molar-refractivity contribution is -0.687. The standard InChI is InChI=1S/C11H13N2.CHF3O3S/c1-12-7-8-13(10-12)9-11-5-3-2-4-6-11;2-1(3,4)8(5,6)7/h2-8,10H,9H2,1H3;(H,5,6,7)/q+1;/p-1. The van der Waals surface area contributed by atoms with Crippen molar-refractivity contribution in [2.24, 2.45) is 7.05 Å². The first-order valence-corrected chi connectivity index (χ1v) is 7.07. The smallest absolute Gasteiger partial charge is 0.485 e. The minimum Gasteiger partial charge on any atom is -0.741 e. The van der Waals surface area contributed by atoms with Gasteiger partial charge in [0, 0.05) is 0 Å². The predicted octanol–water partition coefficient (Wildman–Crippen LogP) is 1.41. The highest BCUT2D eigenvalue weighted by molar-refractivity contribution is 7.86. The fourth-order valence-electron chi connectivity index (χ4n) is 1.39. The summed E-state index contributed by atoms with van der Waals surface area (Å²) in [6.45, 7) is 0.946. The molecule has 0 fully saturated rings. The Morgan fingerprint density at radius 3 is 2.14 bits per heavy atom. The number of aryl methyl sites for hydroxylation is 1. The van der Waals surface area contributed by atoms with E-state index in [9.17, 15) is 13.2 Å². The maximum absolute atomic E-state index is 10.7. The lowest BCUT2D eigenvalue weighted by Gasteiger charge is -2.08. The van der Waals surface area contributed by atoms with Crippen molar-refractivity contribution in [2.45, 2.75) is 12.1 Å². The molecule has 1 heterocycles. The summed E-state index contributed by atoms with van der Waals surface area (Å²) in [5.74, 6) is 0. The summed E-state index contributed by atoms with van der Waals surface area (Å²) in [6, 6.07) is 10.5. The van der Waals surface area contributed by atoms with Gasteiger partial charge < -0.3 is 4.55 Å². The second kappa shape index (κ2) is 6.72. The Labute approximate surface area is 120 Å². The highest BCUT2D eigenvalue weighted by atomic mass is 32.2. The van der Waals surface area contributed by atoms with E-state index in [2.05, 4.69) is 41.4 Å². The first-order chi connectivity index (χ1) is 9.59. The van der Waals surface area contributed by atoms with Crippen LogP contribution in [0.4, 0.5) is 13.2 Å². The van der Waals surface area contributed by atoms with Crippen molar-refractivity contribution in [3.8, 4) is 0 Å². The Hall–Kier alpha value is -1.87. The zero-order valence-electron chi connectivity index (χ0n) is 11.0. The fraction of sp³-hybridized carbons (Fsp3) is 0.250. The van der Waals surface area contributed by atoms with Crippen LogP contribution in [-0.2, 0) is 23.7 Å². The number of aromatic nitrogens is 2. The number of benzene rings is 1. The van der Waals surface area contributed by atoms with Gasteiger partial charge in [0.05, 0.1) is 7.05 Å². The lowest BCUT2D eigenvalue weighted by atomic mass is 10.2. The van der Waals surface area contributed by atoms with E-state index in [1.54, 1.807) is 0 Å². The highest BCUT2D eigenvalue weighted by Gasteiger charge is 2.36. The predicted molar refractivity (Wildman–Crippen MR) is 66.9 cm³/mol. The number of alkyl halides is 3. The van der Waals surface area contributed by atoms with Crippen LogP contribution in [0.2, 0.25) is 0 Å². The molecule has 0 saturated heterocycles. The zero-order chi connectivity index (χ0) is 16.1. The molecule has 0 amide bonds. The minimum atomic E-state index is -6.09. The van der Waals surface area contributed by atoms with Crippen molar-refractivity contribution in [3.63, 3.8) is 0 Å². The van der Waals surface area contributed by atoms with E-state index in [1.165, 1.54) is 5.56 Å². The lowest BCUT2D eigenvalue weighted by Crippen LogP contribution is -2.31. The highest BCUT2D eigenvalue weighted by Crippen LogP contribution is 2.20. The molecule has 0 N–H and O–H groups in total. The normalized spacial score (nSPS) is 11.7. The molecule has 21 heavy (non-hydrogen) atoms. The molecule has 0 unspecified atom stereocenters. The molecule has 5 nitrogen and oxygen atoms in total. The Balaban J connectivity index is 0.000000240. The minimum absolute atomic E-state index is 0.946. The molecule has 1 aromatic heterocycles. The van der Waals surface area contributed by atoms with Crippen LogP contribution in [0.3, 0.4) is 0 Å². The molecule has 2 aromatic rings. The van der Waals surface area contributed by atoms with Gasteiger partial charge in [0.15, 0.2) is 10.1 Å². The number of halogens is 3. The summed E-state index contributed by atoms with van der Waals surface area (Å²) in [6.07, 6.45) is 6.20. The van der Waals surface area contributed by atoms with Crippen molar-refractivity contribution in [1.29, 1.82) is 0 Å². The van der Waals surface area contributed by atoms with Crippen molar-refractivity contribution in [3.05, 3.63) is 54.6 Å². The van der Waals surface area contributed by atoms with Gasteiger partial charge in [-0.2, -0.15) is 13.2 Å². The maximum Gasteiger partial charge on any atom is 0.485 e. The second-order valence-electron chi connectivity index (χ2n) is 4.14. The van der Waals surface area contributed by atoms with Crippen LogP contribution < -0.4 is 4.57 Å². The topological polar surface area (TPSA) is 66.0 Å². The quantitative estimate of drug-likeness (QED) is 0.477. The molecule has 0 radical (unpaired) electrons. The summed E-state index contributed by atoms with van der Waals surface area (Å²) in [5.41, 5.74) is -4.31. The van der Waals surface area contributed by atoms with Crippen molar-refractivity contribution in [2.75, 3.05) is 0 Å². The molecular weight excluding hydrogens is 309 g/mol. The van der Waals surface area contributed by atoms with E-state index in [1.807, 2.05) is 23.9 Å². The second-order valence-corrected chi connectivity index (χ2v) is 5.51. The average Bonchev–Trinajstić information content (AvgIpc) is 2.74. The molecule has 0 atom stereocenters. The first kappa shape index (κ1) is 17.2. The molecule has 116 valence electrons. The molecule has 0 spiro atoms. The van der Waals surface area contributed by atoms with E-state index < -0.39 is 15.6 Å². The van der Waals surface area contributed by atoms with Crippen LogP contribution in [0.15, 0.2) is 49.1 Å². The van der Waals surface area contributed by atoms with Crippen molar-refractivity contribution in [1.82, 2.24) is 4.57 Å². The molecule has 0 saturated carbocycles. The maximum atomic E-state index is 10.7. The van der Waals surface area contributed by atoms with Gasteiger partial charge in [-0.05, 0) is 5.56 Å². The molecule has 0 bridgehead atoms. The van der Waals surface area contributed by atoms with Crippen molar-refractivity contribution < 1.29 is 30.7 Å². The van der Waals surface area contributed by atoms with Crippen LogP contribution in [0.1, 0.15) is 5.56 Å². The molecule has 0 aliphatic heterocycles. The van der Waals surface area contributed by atoms with E-state index in [0.717, 1.165) is 6.54 Å². The Kier molecular flexibility index (Phi) is 5.50. The van der Waals surface area contributed by atoms with Crippen LogP contribution in [-0.4, -0.2) is 23.0 Å². The number of hydrogen-bond acceptors (Lipinski definition) is 3. The van der Waals surface area contributed by atoms with Gasteiger partial charge in [0.1, 0.15) is 18.9 Å². The number of rotatable bonds is 2. The van der Waals surface area contributed by atoms with Gasteiger partial charge in [-0.1, -0.05) is 30.3 Å². The Morgan fingerprint density at radius 2 is 1.76 bits per heavy atom. The van der Waals surface area contributed by atoms with Crippen LogP contribution in [0, 0.1) is 0 Å². The van der Waals surface area contributed by atoms with Gasteiger partial charge >= 0.3 is 5.51 Å². The van der Waals surface area contributed by atoms with Crippen molar-refractivity contribution >= 4 is 10.1 Å². The van der Waals surface area contributed by atoms with Gasteiger partial charge in [0.2, 0.25) is 6.33 Å². The van der Waals surface area contributed by atoms with Crippen LogP contribution in [0.25, 0.3) is 0 Å². The van der Waals surface area contributed by atoms with Crippen LogP contribution in [0.5, 0.6) is 0 Å². The summed E-state index contributed by atoms with van der Waals surface area (Å²) in [5, 5.41) is 0. The third-order valence-corrected chi connectivity index (χ3v) is 2.88. The van der Waals surface area contributed by atoms with E-state index in [4.69, 9.17) is 13.0 Å². The van der Waals surface area contributed by atoms with Gasteiger partial charge in [0.25, 0.3) is 0 Å². The molecule has 0 aliphatic carbocycles. The zero-order valence-corrected chi connectivity index (χ0v) is 11.8. The third kappa shape index (κ3) is 5.96. The molecule has 2 rings (SSSR count). The summed E-state index contributed by atoms with van der Waals surface area (Å²) >= 11 is 0. The van der Waals surface area contributed by atoms with Gasteiger partial charge in [-0.25, -0.2) is 17.6 Å². The van der Waals surface area contributed by atoms with E-state index in [-0.39, 0.29) is 0 Å². The largest absolute Gasteiger partial charge is 0.741 e. The van der Waals surface area contributed by atoms with Crippen LogP contribution >= 0.6 is 0 Å². The monoisotopic (exact) mass is 322 g/mol. The molecule has 1 aromatic carbocycles. The Bertz CT molecular complexity index is 667. The number of imidazole rings is 1. The van der Waals surface area contributed by atoms with E-state index in [0.29, 0.717) is 0 Å². The number of hydrogen-bond donors (Lipinski definition) is 0. The van der Waals surface area contributed by atoms with E-state index >= 15 is 0 Å². The van der Waals surface area contributed by atoms with Gasteiger partial charge in [-0.15, -0.1) is 0 Å².